The molecule has 31 heavy (non-hydrogen) atoms. The molecule has 0 aliphatic heterocycles. The molecule has 4 amide bonds. The van der Waals surface area contributed by atoms with Crippen molar-refractivity contribution < 1.29 is 23.7 Å². The first kappa shape index (κ1) is 29.1. The van der Waals surface area contributed by atoms with Crippen molar-refractivity contribution in [2.45, 2.75) is 24.9 Å². The third-order valence-electron chi connectivity index (χ3n) is 4.24. The lowest BCUT2D eigenvalue weighted by Crippen LogP contribution is -2.50. The van der Waals surface area contributed by atoms with Crippen LogP contribution < -0.4 is 27.0 Å². The number of quaternary nitrogens is 1. The minimum Gasteiger partial charge on any atom is -0.353 e. The number of carbonyl (C=O) groups is 4. The fraction of sp³-hybridized carbons (Fsp3) is 0.789. The van der Waals surface area contributed by atoms with Gasteiger partial charge < -0.3 is 36.4 Å². The van der Waals surface area contributed by atoms with Crippen LogP contribution in [-0.2, 0) is 19.2 Å². The molecule has 0 spiro atoms. The van der Waals surface area contributed by atoms with Crippen LogP contribution in [0.5, 0.6) is 0 Å². The maximum atomic E-state index is 12.2. The highest BCUT2D eigenvalue weighted by atomic mass is 32.1. The maximum Gasteiger partial charge on any atom is 0.243 e. The van der Waals surface area contributed by atoms with Gasteiger partial charge in [-0.15, -0.1) is 0 Å². The molecule has 0 aromatic rings. The van der Waals surface area contributed by atoms with Gasteiger partial charge in [0.25, 0.3) is 0 Å². The van der Waals surface area contributed by atoms with Crippen LogP contribution in [0.4, 0.5) is 0 Å². The number of likely N-dealkylation sites (N-methyl/N-ethyl adjacent to an activating group) is 2. The smallest absolute Gasteiger partial charge is 0.243 e. The number of thiol groups is 1. The predicted octanol–water partition coefficient (Wildman–Crippen LogP) is -2.88. The molecule has 11 nitrogen and oxygen atoms in total. The number of rotatable bonds is 15. The second-order valence-corrected chi connectivity index (χ2v) is 8.99. The summed E-state index contributed by atoms with van der Waals surface area (Å²) in [7, 11) is 9.82. The Balaban J connectivity index is 4.25. The van der Waals surface area contributed by atoms with Gasteiger partial charge in [0, 0.05) is 25.3 Å². The van der Waals surface area contributed by atoms with E-state index >= 15 is 0 Å². The molecule has 12 heteroatoms. The zero-order valence-electron chi connectivity index (χ0n) is 19.4. The van der Waals surface area contributed by atoms with Crippen LogP contribution in [0.1, 0.15) is 12.8 Å². The number of amides is 4. The van der Waals surface area contributed by atoms with Crippen molar-refractivity contribution in [2.75, 3.05) is 73.7 Å². The lowest BCUT2D eigenvalue weighted by Gasteiger charge is -2.24. The molecule has 0 rings (SSSR count). The summed E-state index contributed by atoms with van der Waals surface area (Å²) < 4.78 is 0.711. The summed E-state index contributed by atoms with van der Waals surface area (Å²) in [6.07, 6.45) is 0.143. The molecule has 0 aromatic carbocycles. The third kappa shape index (κ3) is 15.5. The lowest BCUT2D eigenvalue weighted by molar-refractivity contribution is -0.869. The van der Waals surface area contributed by atoms with E-state index in [1.807, 2.05) is 40.1 Å². The van der Waals surface area contributed by atoms with E-state index < -0.39 is 23.9 Å². The van der Waals surface area contributed by atoms with E-state index in [1.54, 1.807) is 0 Å². The molecule has 180 valence electrons. The van der Waals surface area contributed by atoms with Crippen molar-refractivity contribution in [3.8, 4) is 0 Å². The van der Waals surface area contributed by atoms with Gasteiger partial charge >= 0.3 is 0 Å². The molecule has 6 N–H and O–H groups in total. The summed E-state index contributed by atoms with van der Waals surface area (Å²) in [5, 5.41) is 10.5. The maximum absolute atomic E-state index is 12.2. The fourth-order valence-corrected chi connectivity index (χ4v) is 2.55. The Morgan fingerprint density at radius 3 is 2.16 bits per heavy atom. The Morgan fingerprint density at radius 1 is 0.968 bits per heavy atom. The van der Waals surface area contributed by atoms with Crippen molar-refractivity contribution in [1.29, 1.82) is 0 Å². The second-order valence-electron chi connectivity index (χ2n) is 8.62. The number of hydrogen-bond acceptors (Lipinski definition) is 7. The highest BCUT2D eigenvalue weighted by Gasteiger charge is 2.21. The zero-order chi connectivity index (χ0) is 24.0. The van der Waals surface area contributed by atoms with Crippen molar-refractivity contribution in [1.82, 2.24) is 26.2 Å². The highest BCUT2D eigenvalue weighted by Crippen LogP contribution is 1.98. The van der Waals surface area contributed by atoms with Crippen molar-refractivity contribution in [2.24, 2.45) is 5.73 Å². The van der Waals surface area contributed by atoms with Crippen LogP contribution in [0.25, 0.3) is 0 Å². The van der Waals surface area contributed by atoms with Gasteiger partial charge in [0.05, 0.1) is 46.8 Å². The third-order valence-corrected chi connectivity index (χ3v) is 4.60. The van der Waals surface area contributed by atoms with Gasteiger partial charge in [0.15, 0.2) is 0 Å². The van der Waals surface area contributed by atoms with Crippen LogP contribution >= 0.6 is 12.6 Å². The van der Waals surface area contributed by atoms with Crippen LogP contribution in [-0.4, -0.2) is 119 Å². The van der Waals surface area contributed by atoms with Gasteiger partial charge in [-0.05, 0) is 20.5 Å². The minimum absolute atomic E-state index is 0.00744. The van der Waals surface area contributed by atoms with Crippen LogP contribution in [0.3, 0.4) is 0 Å². The van der Waals surface area contributed by atoms with E-state index in [-0.39, 0.29) is 37.0 Å². The Hall–Kier alpha value is -1.89. The topological polar surface area (TPSA) is 146 Å². The molecule has 0 fully saturated rings. The van der Waals surface area contributed by atoms with Crippen LogP contribution in [0.2, 0.25) is 0 Å². The van der Waals surface area contributed by atoms with E-state index in [4.69, 9.17) is 5.73 Å². The Bertz CT molecular complexity index is 596. The molecule has 0 aliphatic carbocycles. The summed E-state index contributed by atoms with van der Waals surface area (Å²) in [6.45, 7) is 2.21. The summed E-state index contributed by atoms with van der Waals surface area (Å²) in [5.41, 5.74) is 5.84. The van der Waals surface area contributed by atoms with Crippen molar-refractivity contribution in [3.63, 3.8) is 0 Å². The highest BCUT2D eigenvalue weighted by molar-refractivity contribution is 7.80. The largest absolute Gasteiger partial charge is 0.353 e. The molecule has 0 radical (unpaired) electrons. The summed E-state index contributed by atoms with van der Waals surface area (Å²) >= 11 is 4.08. The number of nitrogens with one attached hydrogen (secondary N) is 4. The standard InChI is InChI=1S/C19H39N7O4S/c1-25(2)10-8-21-17(28)12-23-19(30)15(13-31)24-16(27)7-6-14(20)18(29)22-9-11-26(3,4)5/h14-15H,6-13,20H2,1-5H3,(H4-,21,22,23,24,27,28,29,30,31)/p+1. The van der Waals surface area contributed by atoms with Gasteiger partial charge in [-0.3, -0.25) is 19.2 Å². The number of carbonyl (C=O) groups excluding carboxylic acids is 4. The lowest BCUT2D eigenvalue weighted by atomic mass is 10.1. The number of nitrogens with zero attached hydrogens (tertiary/aromatic N) is 2. The van der Waals surface area contributed by atoms with E-state index in [1.165, 1.54) is 0 Å². The molecule has 2 atom stereocenters. The van der Waals surface area contributed by atoms with Crippen LogP contribution in [0, 0.1) is 0 Å². The fourth-order valence-electron chi connectivity index (χ4n) is 2.30. The summed E-state index contributed by atoms with van der Waals surface area (Å²) in [4.78, 5) is 50.0. The zero-order valence-corrected chi connectivity index (χ0v) is 20.3. The number of nitrogens with two attached hydrogens (primary N) is 1. The Labute approximate surface area is 190 Å². The van der Waals surface area contributed by atoms with Gasteiger partial charge in [-0.2, -0.15) is 12.6 Å². The van der Waals surface area contributed by atoms with E-state index in [9.17, 15) is 19.2 Å². The normalized spacial score (nSPS) is 13.3. The van der Waals surface area contributed by atoms with Gasteiger partial charge in [0.1, 0.15) is 6.04 Å². The molecule has 0 bridgehead atoms. The average molecular weight is 463 g/mol. The second kappa shape index (κ2) is 15.0. The Kier molecular flexibility index (Phi) is 14.1. The molecule has 0 aliphatic rings. The van der Waals surface area contributed by atoms with Crippen LogP contribution in [0.15, 0.2) is 0 Å². The van der Waals surface area contributed by atoms with Gasteiger partial charge in [-0.25, -0.2) is 0 Å². The van der Waals surface area contributed by atoms with Crippen molar-refractivity contribution in [3.05, 3.63) is 0 Å². The quantitative estimate of drug-likeness (QED) is 0.114. The molecule has 0 saturated heterocycles. The van der Waals surface area contributed by atoms with Gasteiger partial charge in [-0.1, -0.05) is 0 Å². The monoisotopic (exact) mass is 462 g/mol. The first-order chi connectivity index (χ1) is 14.4. The SMILES string of the molecule is CN(C)CCNC(=O)CNC(=O)C(CS)NC(=O)CCC(N)C(=O)NCC[N+](C)(C)C. The van der Waals surface area contributed by atoms with E-state index in [0.717, 1.165) is 6.54 Å². The first-order valence-corrected chi connectivity index (χ1v) is 10.9. The van der Waals surface area contributed by atoms with Crippen molar-refractivity contribution >= 4 is 36.3 Å². The van der Waals surface area contributed by atoms with E-state index in [0.29, 0.717) is 24.1 Å². The number of hydrogen-bond donors (Lipinski definition) is 6. The predicted molar refractivity (Wildman–Crippen MR) is 123 cm³/mol. The molecule has 0 saturated carbocycles. The first-order valence-electron chi connectivity index (χ1n) is 10.3. The Morgan fingerprint density at radius 2 is 1.61 bits per heavy atom. The molecule has 0 aromatic heterocycles. The molecule has 2 unspecified atom stereocenters. The average Bonchev–Trinajstić information content (AvgIpc) is 2.66. The molecule has 0 heterocycles. The van der Waals surface area contributed by atoms with Gasteiger partial charge in [0.2, 0.25) is 23.6 Å². The molecular formula is C19H40N7O4S+. The van der Waals surface area contributed by atoms with E-state index in [2.05, 4.69) is 33.9 Å². The minimum atomic E-state index is -0.889. The summed E-state index contributed by atoms with van der Waals surface area (Å²) in [6, 6.07) is -1.70. The summed E-state index contributed by atoms with van der Waals surface area (Å²) in [5.74, 6) is -1.49. The molecular weight excluding hydrogens is 422 g/mol.